The van der Waals surface area contributed by atoms with Gasteiger partial charge in [-0.3, -0.25) is 0 Å². The van der Waals surface area contributed by atoms with Gasteiger partial charge in [-0.1, -0.05) is 0 Å². The van der Waals surface area contributed by atoms with Gasteiger partial charge < -0.3 is 19.6 Å². The topological polar surface area (TPSA) is 96.6 Å². The summed E-state index contributed by atoms with van der Waals surface area (Å²) in [6.45, 7) is 7.81. The normalized spacial score (nSPS) is 17.8. The van der Waals surface area contributed by atoms with E-state index in [-0.39, 0.29) is 0 Å². The van der Waals surface area contributed by atoms with Gasteiger partial charge >= 0.3 is 6.09 Å². The number of aromatic nitrogens is 4. The standard InChI is InChI=1S/C23H28N6O3/c1-15-11-18-14-24-29(20(18)12-19(15)17-3-9-32-10-4-17)22-13-21(25-16(2)26-22)27-5-7-28(8-6-27)23(30)31/h11-14,17H,3-10H2,1-2H3,(H,30,31). The van der Waals surface area contributed by atoms with E-state index in [0.29, 0.717) is 37.9 Å². The smallest absolute Gasteiger partial charge is 0.407 e. The maximum atomic E-state index is 11.2. The van der Waals surface area contributed by atoms with Crippen LogP contribution >= 0.6 is 0 Å². The lowest BCUT2D eigenvalue weighted by Crippen LogP contribution is -2.48. The third-order valence-corrected chi connectivity index (χ3v) is 6.52. The van der Waals surface area contributed by atoms with E-state index in [9.17, 15) is 9.90 Å². The first kappa shape index (κ1) is 20.7. The monoisotopic (exact) mass is 436 g/mol. The van der Waals surface area contributed by atoms with E-state index in [1.807, 2.05) is 23.9 Å². The van der Waals surface area contributed by atoms with Crippen molar-refractivity contribution in [2.75, 3.05) is 44.3 Å². The van der Waals surface area contributed by atoms with E-state index in [4.69, 9.17) is 4.74 Å². The Morgan fingerprint density at radius 1 is 1.03 bits per heavy atom. The van der Waals surface area contributed by atoms with Crippen molar-refractivity contribution in [3.63, 3.8) is 0 Å². The first-order valence-electron chi connectivity index (χ1n) is 11.1. The highest BCUT2D eigenvalue weighted by atomic mass is 16.5. The van der Waals surface area contributed by atoms with Gasteiger partial charge in [0.2, 0.25) is 0 Å². The number of ether oxygens (including phenoxy) is 1. The minimum atomic E-state index is -0.872. The Balaban J connectivity index is 1.49. The van der Waals surface area contributed by atoms with E-state index in [0.717, 1.165) is 48.6 Å². The van der Waals surface area contributed by atoms with Gasteiger partial charge in [0.05, 0.1) is 11.7 Å². The molecule has 1 amide bonds. The Bertz CT molecular complexity index is 1150. The molecule has 4 heterocycles. The van der Waals surface area contributed by atoms with E-state index in [1.54, 1.807) is 0 Å². The molecular weight excluding hydrogens is 408 g/mol. The van der Waals surface area contributed by atoms with Crippen molar-refractivity contribution in [1.29, 1.82) is 0 Å². The van der Waals surface area contributed by atoms with Gasteiger partial charge in [0.15, 0.2) is 5.82 Å². The summed E-state index contributed by atoms with van der Waals surface area (Å²) in [5.41, 5.74) is 3.69. The second-order valence-electron chi connectivity index (χ2n) is 8.60. The van der Waals surface area contributed by atoms with Gasteiger partial charge in [-0.15, -0.1) is 0 Å². The molecule has 2 saturated heterocycles. The van der Waals surface area contributed by atoms with Crippen molar-refractivity contribution < 1.29 is 14.6 Å². The Hall–Kier alpha value is -3.20. The number of amides is 1. The number of hydrogen-bond donors (Lipinski definition) is 1. The first-order chi connectivity index (χ1) is 15.5. The summed E-state index contributed by atoms with van der Waals surface area (Å²) in [6.07, 6.45) is 3.10. The summed E-state index contributed by atoms with van der Waals surface area (Å²) in [4.78, 5) is 24.0. The molecule has 2 aromatic heterocycles. The number of anilines is 1. The highest BCUT2D eigenvalue weighted by Gasteiger charge is 2.23. The third kappa shape index (κ3) is 3.88. The number of carbonyl (C=O) groups is 1. The molecule has 5 rings (SSSR count). The first-order valence-corrected chi connectivity index (χ1v) is 11.1. The van der Waals surface area contributed by atoms with Crippen LogP contribution in [0.15, 0.2) is 24.4 Å². The number of benzene rings is 1. The van der Waals surface area contributed by atoms with Crippen LogP contribution in [0, 0.1) is 13.8 Å². The van der Waals surface area contributed by atoms with Crippen LogP contribution in [0.1, 0.15) is 35.7 Å². The molecule has 2 fully saturated rings. The molecular formula is C23H28N6O3. The molecule has 32 heavy (non-hydrogen) atoms. The highest BCUT2D eigenvalue weighted by molar-refractivity contribution is 5.82. The van der Waals surface area contributed by atoms with Crippen molar-refractivity contribution in [1.82, 2.24) is 24.6 Å². The number of hydrogen-bond acceptors (Lipinski definition) is 6. The Kier molecular flexibility index (Phi) is 5.42. The van der Waals surface area contributed by atoms with Crippen molar-refractivity contribution in [3.05, 3.63) is 41.3 Å². The molecule has 0 radical (unpaired) electrons. The molecule has 0 bridgehead atoms. The number of fused-ring (bicyclic) bond motifs is 1. The lowest BCUT2D eigenvalue weighted by molar-refractivity contribution is 0.0852. The molecule has 0 unspecified atom stereocenters. The summed E-state index contributed by atoms with van der Waals surface area (Å²) in [5, 5.41) is 14.9. The van der Waals surface area contributed by atoms with E-state index in [2.05, 4.69) is 39.0 Å². The van der Waals surface area contributed by atoms with Gasteiger partial charge in [-0.05, 0) is 55.9 Å². The number of carboxylic acid groups (broad SMARTS) is 1. The fraction of sp³-hybridized carbons (Fsp3) is 0.478. The van der Waals surface area contributed by atoms with Crippen molar-refractivity contribution in [3.8, 4) is 5.82 Å². The Morgan fingerprint density at radius 3 is 2.47 bits per heavy atom. The maximum Gasteiger partial charge on any atom is 0.407 e. The Labute approximate surface area is 186 Å². The van der Waals surface area contributed by atoms with Crippen LogP contribution in [0.25, 0.3) is 16.7 Å². The summed E-state index contributed by atoms with van der Waals surface area (Å²) in [5.74, 6) is 2.70. The predicted molar refractivity (Wildman–Crippen MR) is 121 cm³/mol. The van der Waals surface area contributed by atoms with Crippen LogP contribution in [0.2, 0.25) is 0 Å². The lowest BCUT2D eigenvalue weighted by Gasteiger charge is -2.34. The van der Waals surface area contributed by atoms with E-state index < -0.39 is 6.09 Å². The summed E-state index contributed by atoms with van der Waals surface area (Å²) < 4.78 is 7.45. The summed E-state index contributed by atoms with van der Waals surface area (Å²) >= 11 is 0. The zero-order chi connectivity index (χ0) is 22.2. The fourth-order valence-electron chi connectivity index (χ4n) is 4.77. The highest BCUT2D eigenvalue weighted by Crippen LogP contribution is 2.33. The molecule has 2 aliphatic rings. The molecule has 3 aromatic rings. The van der Waals surface area contributed by atoms with Crippen molar-refractivity contribution in [2.24, 2.45) is 0 Å². The zero-order valence-corrected chi connectivity index (χ0v) is 18.5. The molecule has 0 atom stereocenters. The molecule has 2 aliphatic heterocycles. The van der Waals surface area contributed by atoms with Crippen LogP contribution in [-0.4, -0.2) is 75.2 Å². The van der Waals surface area contributed by atoms with Crippen LogP contribution in [0.3, 0.4) is 0 Å². The summed E-state index contributed by atoms with van der Waals surface area (Å²) in [7, 11) is 0. The van der Waals surface area contributed by atoms with Gasteiger partial charge in [-0.25, -0.2) is 19.4 Å². The average Bonchev–Trinajstić information content (AvgIpc) is 3.21. The second kappa shape index (κ2) is 8.38. The minimum Gasteiger partial charge on any atom is -0.465 e. The van der Waals surface area contributed by atoms with Gasteiger partial charge in [0, 0.05) is 50.8 Å². The van der Waals surface area contributed by atoms with E-state index >= 15 is 0 Å². The zero-order valence-electron chi connectivity index (χ0n) is 18.5. The second-order valence-corrected chi connectivity index (χ2v) is 8.60. The van der Waals surface area contributed by atoms with E-state index in [1.165, 1.54) is 16.0 Å². The molecule has 0 aliphatic carbocycles. The van der Waals surface area contributed by atoms with Crippen LogP contribution in [0.5, 0.6) is 0 Å². The van der Waals surface area contributed by atoms with Crippen LogP contribution in [0.4, 0.5) is 10.6 Å². The van der Waals surface area contributed by atoms with Crippen LogP contribution < -0.4 is 4.90 Å². The third-order valence-electron chi connectivity index (χ3n) is 6.52. The molecule has 1 aromatic carbocycles. The number of nitrogens with zero attached hydrogens (tertiary/aromatic N) is 6. The average molecular weight is 437 g/mol. The molecule has 1 N–H and O–H groups in total. The van der Waals surface area contributed by atoms with Gasteiger partial charge in [-0.2, -0.15) is 5.10 Å². The molecule has 168 valence electrons. The predicted octanol–water partition coefficient (Wildman–Crippen LogP) is 3.13. The summed E-state index contributed by atoms with van der Waals surface area (Å²) in [6, 6.07) is 6.42. The minimum absolute atomic E-state index is 0.464. The van der Waals surface area contributed by atoms with Gasteiger partial charge in [0.1, 0.15) is 11.6 Å². The maximum absolute atomic E-state index is 11.2. The van der Waals surface area contributed by atoms with Crippen LogP contribution in [-0.2, 0) is 4.74 Å². The molecule has 9 heteroatoms. The largest absolute Gasteiger partial charge is 0.465 e. The van der Waals surface area contributed by atoms with Gasteiger partial charge in [0.25, 0.3) is 0 Å². The van der Waals surface area contributed by atoms with Crippen molar-refractivity contribution in [2.45, 2.75) is 32.6 Å². The SMILES string of the molecule is Cc1nc(N2CCN(C(=O)O)CC2)cc(-n2ncc3cc(C)c(C4CCOCC4)cc32)n1. The quantitative estimate of drug-likeness (QED) is 0.674. The fourth-order valence-corrected chi connectivity index (χ4v) is 4.77. The number of rotatable bonds is 3. The molecule has 9 nitrogen and oxygen atoms in total. The van der Waals surface area contributed by atoms with Crippen molar-refractivity contribution >= 4 is 22.8 Å². The lowest BCUT2D eigenvalue weighted by atomic mass is 9.88. The molecule has 0 spiro atoms. The molecule has 0 saturated carbocycles. The number of piperazine rings is 1. The Morgan fingerprint density at radius 2 is 1.75 bits per heavy atom. The number of aryl methyl sites for hydroxylation is 2.